The summed E-state index contributed by atoms with van der Waals surface area (Å²) in [5, 5.41) is 12.8. The summed E-state index contributed by atoms with van der Waals surface area (Å²) in [6, 6.07) is 4.20. The van der Waals surface area contributed by atoms with Gasteiger partial charge >= 0.3 is 0 Å². The Hall–Kier alpha value is -2.20. The highest BCUT2D eigenvalue weighted by Crippen LogP contribution is 2.24. The van der Waals surface area contributed by atoms with Crippen LogP contribution in [0.15, 0.2) is 23.1 Å². The van der Waals surface area contributed by atoms with Gasteiger partial charge in [-0.15, -0.1) is 10.2 Å². The van der Waals surface area contributed by atoms with Crippen LogP contribution in [0.5, 0.6) is 5.75 Å². The number of nitrogen functional groups attached to an aromatic ring is 1. The third-order valence-electron chi connectivity index (χ3n) is 2.32. The minimum atomic E-state index is -3.69. The second kappa shape index (κ2) is 5.20. The lowest BCUT2D eigenvalue weighted by Gasteiger charge is -2.08. The fourth-order valence-electron chi connectivity index (χ4n) is 1.38. The molecule has 0 radical (unpaired) electrons. The molecule has 1 aromatic carbocycles. The number of nitrogens with one attached hydrogen (secondary N) is 2. The van der Waals surface area contributed by atoms with Crippen molar-refractivity contribution in [3.63, 3.8) is 0 Å². The first-order valence-corrected chi connectivity index (χ1v) is 6.67. The third kappa shape index (κ3) is 2.98. The zero-order valence-electron chi connectivity index (χ0n) is 9.99. The van der Waals surface area contributed by atoms with E-state index in [1.807, 2.05) is 0 Å². The summed E-state index contributed by atoms with van der Waals surface area (Å²) in [5.74, 6) is 0.655. The average Bonchev–Trinajstić information content (AvgIpc) is 2.89. The molecule has 0 spiro atoms. The number of nitrogens with two attached hydrogens (primary N) is 1. The summed E-state index contributed by atoms with van der Waals surface area (Å²) in [7, 11) is -2.24. The van der Waals surface area contributed by atoms with Crippen molar-refractivity contribution in [3.05, 3.63) is 24.0 Å². The fraction of sp³-hybridized carbons (Fsp3) is 0.222. The number of hydrogen-bond acceptors (Lipinski definition) is 7. The first kappa shape index (κ1) is 13.2. The minimum absolute atomic E-state index is 0.0364. The van der Waals surface area contributed by atoms with Crippen LogP contribution in [0.2, 0.25) is 0 Å². The van der Waals surface area contributed by atoms with Crippen LogP contribution in [-0.2, 0) is 16.6 Å². The van der Waals surface area contributed by atoms with E-state index < -0.39 is 10.0 Å². The fourth-order valence-corrected chi connectivity index (χ4v) is 2.39. The van der Waals surface area contributed by atoms with Gasteiger partial charge in [-0.3, -0.25) is 0 Å². The summed E-state index contributed by atoms with van der Waals surface area (Å²) >= 11 is 0. The van der Waals surface area contributed by atoms with Gasteiger partial charge in [-0.25, -0.2) is 13.1 Å². The maximum atomic E-state index is 12.0. The van der Waals surface area contributed by atoms with Crippen LogP contribution in [0.3, 0.4) is 0 Å². The van der Waals surface area contributed by atoms with Crippen molar-refractivity contribution in [2.24, 2.45) is 0 Å². The number of aromatic nitrogens is 4. The van der Waals surface area contributed by atoms with E-state index in [2.05, 4.69) is 25.3 Å². The van der Waals surface area contributed by atoms with Crippen molar-refractivity contribution < 1.29 is 13.2 Å². The quantitative estimate of drug-likeness (QED) is 0.615. The maximum absolute atomic E-state index is 12.0. The van der Waals surface area contributed by atoms with Gasteiger partial charge in [-0.2, -0.15) is 5.21 Å². The highest BCUT2D eigenvalue weighted by molar-refractivity contribution is 7.89. The van der Waals surface area contributed by atoms with Gasteiger partial charge in [0.05, 0.1) is 24.2 Å². The molecule has 0 aliphatic rings. The van der Waals surface area contributed by atoms with Crippen LogP contribution in [0.1, 0.15) is 5.82 Å². The Balaban J connectivity index is 2.17. The zero-order valence-corrected chi connectivity index (χ0v) is 10.8. The topological polar surface area (TPSA) is 136 Å². The number of rotatable bonds is 5. The van der Waals surface area contributed by atoms with Crippen LogP contribution >= 0.6 is 0 Å². The molecule has 0 amide bonds. The molecule has 0 saturated heterocycles. The van der Waals surface area contributed by atoms with Crippen LogP contribution in [0.4, 0.5) is 5.69 Å². The Bertz CT molecular complexity index is 655. The molecule has 0 bridgehead atoms. The predicted molar refractivity (Wildman–Crippen MR) is 65.6 cm³/mol. The summed E-state index contributed by atoms with van der Waals surface area (Å²) in [6.45, 7) is -0.0647. The standard InChI is InChI=1S/C9H12N6O3S/c1-18-8-3-2-6(4-7(8)10)19(16,17)11-5-9-12-14-15-13-9/h2-4,11H,5,10H2,1H3,(H,12,13,14,15). The van der Waals surface area contributed by atoms with Crippen molar-refractivity contribution in [2.45, 2.75) is 11.4 Å². The van der Waals surface area contributed by atoms with E-state index >= 15 is 0 Å². The van der Waals surface area contributed by atoms with Gasteiger partial charge in [-0.05, 0) is 18.2 Å². The normalized spacial score (nSPS) is 11.4. The van der Waals surface area contributed by atoms with Gasteiger partial charge in [0.1, 0.15) is 5.75 Å². The highest BCUT2D eigenvalue weighted by Gasteiger charge is 2.16. The lowest BCUT2D eigenvalue weighted by Crippen LogP contribution is -2.24. The molecular weight excluding hydrogens is 272 g/mol. The van der Waals surface area contributed by atoms with Crippen molar-refractivity contribution in [2.75, 3.05) is 12.8 Å². The van der Waals surface area contributed by atoms with Gasteiger partial charge in [-0.1, -0.05) is 5.21 Å². The van der Waals surface area contributed by atoms with E-state index in [0.717, 1.165) is 0 Å². The molecule has 0 aliphatic carbocycles. The van der Waals surface area contributed by atoms with Gasteiger partial charge in [0.25, 0.3) is 0 Å². The number of anilines is 1. The average molecular weight is 284 g/mol. The van der Waals surface area contributed by atoms with Crippen molar-refractivity contribution >= 4 is 15.7 Å². The molecule has 0 aliphatic heterocycles. The molecule has 0 fully saturated rings. The van der Waals surface area contributed by atoms with Crippen LogP contribution < -0.4 is 15.2 Å². The van der Waals surface area contributed by atoms with Crippen molar-refractivity contribution in [1.82, 2.24) is 25.3 Å². The molecule has 19 heavy (non-hydrogen) atoms. The summed E-state index contributed by atoms with van der Waals surface area (Å²) < 4.78 is 31.3. The Morgan fingerprint density at radius 2 is 2.26 bits per heavy atom. The lowest BCUT2D eigenvalue weighted by molar-refractivity contribution is 0.416. The van der Waals surface area contributed by atoms with Crippen molar-refractivity contribution in [3.8, 4) is 5.75 Å². The smallest absolute Gasteiger partial charge is 0.241 e. The molecule has 0 saturated carbocycles. The predicted octanol–water partition coefficient (Wildman–Crippen LogP) is -0.731. The largest absolute Gasteiger partial charge is 0.495 e. The Morgan fingerprint density at radius 1 is 1.47 bits per heavy atom. The second-order valence-electron chi connectivity index (χ2n) is 3.56. The Kier molecular flexibility index (Phi) is 3.62. The number of nitrogens with zero attached hydrogens (tertiary/aromatic N) is 3. The molecule has 0 unspecified atom stereocenters. The molecule has 10 heteroatoms. The first-order chi connectivity index (χ1) is 9.03. The lowest BCUT2D eigenvalue weighted by atomic mass is 10.3. The highest BCUT2D eigenvalue weighted by atomic mass is 32.2. The summed E-state index contributed by atoms with van der Waals surface area (Å²) in [4.78, 5) is 0.0364. The van der Waals surface area contributed by atoms with E-state index in [1.54, 1.807) is 0 Å². The Labute approximate surface area is 109 Å². The van der Waals surface area contributed by atoms with Crippen molar-refractivity contribution in [1.29, 1.82) is 0 Å². The third-order valence-corrected chi connectivity index (χ3v) is 3.72. The molecule has 102 valence electrons. The number of benzene rings is 1. The molecule has 2 rings (SSSR count). The van der Waals surface area contributed by atoms with E-state index in [1.165, 1.54) is 25.3 Å². The molecule has 9 nitrogen and oxygen atoms in total. The number of aromatic amines is 1. The minimum Gasteiger partial charge on any atom is -0.495 e. The number of H-pyrrole nitrogens is 1. The molecule has 1 aromatic heterocycles. The SMILES string of the molecule is COc1ccc(S(=O)(=O)NCc2nn[nH]n2)cc1N. The maximum Gasteiger partial charge on any atom is 0.241 e. The number of hydrogen-bond donors (Lipinski definition) is 3. The van der Waals surface area contributed by atoms with Gasteiger partial charge in [0.15, 0.2) is 5.82 Å². The van der Waals surface area contributed by atoms with E-state index in [9.17, 15) is 8.42 Å². The molecule has 2 aromatic rings. The first-order valence-electron chi connectivity index (χ1n) is 5.18. The van der Waals surface area contributed by atoms with E-state index in [-0.39, 0.29) is 23.0 Å². The van der Waals surface area contributed by atoms with E-state index in [4.69, 9.17) is 10.5 Å². The Morgan fingerprint density at radius 3 is 2.84 bits per heavy atom. The van der Waals surface area contributed by atoms with Gasteiger partial charge < -0.3 is 10.5 Å². The van der Waals surface area contributed by atoms with Gasteiger partial charge in [0.2, 0.25) is 10.0 Å². The summed E-state index contributed by atoms with van der Waals surface area (Å²) in [6.07, 6.45) is 0. The number of tetrazole rings is 1. The molecule has 0 atom stereocenters. The molecular formula is C9H12N6O3S. The second-order valence-corrected chi connectivity index (χ2v) is 5.32. The molecule has 1 heterocycles. The number of ether oxygens (including phenoxy) is 1. The van der Waals surface area contributed by atoms with Gasteiger partial charge in [0, 0.05) is 0 Å². The summed E-state index contributed by atoms with van der Waals surface area (Å²) in [5.41, 5.74) is 5.90. The zero-order chi connectivity index (χ0) is 13.9. The molecule has 4 N–H and O–H groups in total. The van der Waals surface area contributed by atoms with Crippen LogP contribution in [0.25, 0.3) is 0 Å². The van der Waals surface area contributed by atoms with E-state index in [0.29, 0.717) is 5.75 Å². The monoisotopic (exact) mass is 284 g/mol. The van der Waals surface area contributed by atoms with Crippen LogP contribution in [0, 0.1) is 0 Å². The number of sulfonamides is 1. The van der Waals surface area contributed by atoms with Crippen LogP contribution in [-0.4, -0.2) is 36.2 Å². The number of methoxy groups -OCH3 is 1.